The lowest BCUT2D eigenvalue weighted by Gasteiger charge is -2.23. The van der Waals surface area contributed by atoms with Gasteiger partial charge in [-0.05, 0) is 47.2 Å². The molecule has 7 aromatic rings. The van der Waals surface area contributed by atoms with Crippen LogP contribution in [0.4, 0.5) is 11.4 Å². The average molecular weight is 438 g/mol. The zero-order chi connectivity index (χ0) is 21.7. The minimum Gasteiger partial charge on any atom is -0.352 e. The molecule has 3 heterocycles. The van der Waals surface area contributed by atoms with E-state index in [1.165, 1.54) is 47.5 Å². The molecule has 2 aromatic heterocycles. The maximum absolute atomic E-state index is 9.72. The summed E-state index contributed by atoms with van der Waals surface area (Å²) in [6.07, 6.45) is 0. The van der Waals surface area contributed by atoms with Gasteiger partial charge in [0, 0.05) is 26.2 Å². The SMILES string of the molecule is N#Cc1cc2c3c(c1)c1cc4ccccc4cc1n3-c1c(ccc3c1sc1ccccc13)N2. The van der Waals surface area contributed by atoms with Crippen LogP contribution in [0.15, 0.2) is 84.9 Å². The van der Waals surface area contributed by atoms with Crippen molar-refractivity contribution in [1.29, 1.82) is 5.26 Å². The van der Waals surface area contributed by atoms with E-state index < -0.39 is 0 Å². The van der Waals surface area contributed by atoms with E-state index in [2.05, 4.69) is 88.7 Å². The number of fused-ring (bicyclic) bond motifs is 10. The highest BCUT2D eigenvalue weighted by molar-refractivity contribution is 7.26. The van der Waals surface area contributed by atoms with Gasteiger partial charge >= 0.3 is 0 Å². The Morgan fingerprint density at radius 2 is 1.55 bits per heavy atom. The molecule has 0 radical (unpaired) electrons. The molecular formula is C29H15N3S. The normalized spacial score (nSPS) is 12.5. The summed E-state index contributed by atoms with van der Waals surface area (Å²) in [5, 5.41) is 20.7. The highest BCUT2D eigenvalue weighted by Gasteiger charge is 2.26. The van der Waals surface area contributed by atoms with E-state index in [1.54, 1.807) is 0 Å². The molecule has 0 bridgehead atoms. The fourth-order valence-corrected chi connectivity index (χ4v) is 6.71. The van der Waals surface area contributed by atoms with Crippen molar-refractivity contribution in [2.24, 2.45) is 0 Å². The van der Waals surface area contributed by atoms with Crippen molar-refractivity contribution in [3.63, 3.8) is 0 Å². The maximum Gasteiger partial charge on any atom is 0.0992 e. The Balaban J connectivity index is 1.64. The maximum atomic E-state index is 9.72. The molecule has 3 nitrogen and oxygen atoms in total. The Bertz CT molecular complexity index is 2020. The minimum atomic E-state index is 0.670. The number of hydrogen-bond acceptors (Lipinski definition) is 3. The molecule has 0 spiro atoms. The lowest BCUT2D eigenvalue weighted by atomic mass is 10.0. The molecule has 0 saturated carbocycles. The smallest absolute Gasteiger partial charge is 0.0992 e. The number of aromatic nitrogens is 1. The van der Waals surface area contributed by atoms with Gasteiger partial charge in [0.1, 0.15) is 0 Å². The second kappa shape index (κ2) is 5.92. The summed E-state index contributed by atoms with van der Waals surface area (Å²) in [4.78, 5) is 0. The third kappa shape index (κ3) is 2.12. The zero-order valence-electron chi connectivity index (χ0n) is 17.4. The van der Waals surface area contributed by atoms with Crippen LogP contribution < -0.4 is 5.32 Å². The van der Waals surface area contributed by atoms with Crippen LogP contribution in [0.25, 0.3) is 58.4 Å². The molecule has 0 amide bonds. The molecule has 5 aromatic carbocycles. The fraction of sp³-hybridized carbons (Fsp3) is 0. The van der Waals surface area contributed by atoms with E-state index >= 15 is 0 Å². The molecule has 0 saturated heterocycles. The Kier molecular flexibility index (Phi) is 3.09. The number of thiophene rings is 1. The van der Waals surface area contributed by atoms with Crippen LogP contribution in [0.5, 0.6) is 0 Å². The van der Waals surface area contributed by atoms with E-state index in [1.807, 2.05) is 23.5 Å². The molecule has 0 unspecified atom stereocenters. The summed E-state index contributed by atoms with van der Waals surface area (Å²) in [5.41, 5.74) is 6.23. The first kappa shape index (κ1) is 17.3. The molecule has 4 heteroatoms. The fourth-order valence-electron chi connectivity index (χ4n) is 5.46. The van der Waals surface area contributed by atoms with Gasteiger partial charge in [-0.1, -0.05) is 48.5 Å². The van der Waals surface area contributed by atoms with Crippen LogP contribution in [0.1, 0.15) is 5.56 Å². The van der Waals surface area contributed by atoms with Gasteiger partial charge in [0.15, 0.2) is 0 Å². The molecular weight excluding hydrogens is 422 g/mol. The molecule has 0 atom stereocenters. The summed E-state index contributed by atoms with van der Waals surface area (Å²) in [6, 6.07) is 32.4. The molecule has 152 valence electrons. The van der Waals surface area contributed by atoms with Crippen molar-refractivity contribution in [3.8, 4) is 11.8 Å². The van der Waals surface area contributed by atoms with Gasteiger partial charge in [0.2, 0.25) is 0 Å². The van der Waals surface area contributed by atoms with Crippen molar-refractivity contribution in [2.45, 2.75) is 0 Å². The van der Waals surface area contributed by atoms with E-state index in [9.17, 15) is 5.26 Å². The summed E-state index contributed by atoms with van der Waals surface area (Å²) in [7, 11) is 0. The van der Waals surface area contributed by atoms with Crippen LogP contribution in [-0.2, 0) is 0 Å². The van der Waals surface area contributed by atoms with Gasteiger partial charge in [0.25, 0.3) is 0 Å². The lowest BCUT2D eigenvalue weighted by molar-refractivity contribution is 1.18. The first-order chi connectivity index (χ1) is 16.3. The van der Waals surface area contributed by atoms with Crippen molar-refractivity contribution in [3.05, 3.63) is 90.5 Å². The predicted molar refractivity (Wildman–Crippen MR) is 139 cm³/mol. The van der Waals surface area contributed by atoms with Crippen molar-refractivity contribution in [1.82, 2.24) is 4.57 Å². The van der Waals surface area contributed by atoms with Crippen LogP contribution in [0.2, 0.25) is 0 Å². The number of hydrogen-bond donors (Lipinski definition) is 1. The number of nitriles is 1. The van der Waals surface area contributed by atoms with E-state index in [4.69, 9.17) is 0 Å². The number of benzene rings is 5. The molecule has 1 N–H and O–H groups in total. The van der Waals surface area contributed by atoms with E-state index in [0.29, 0.717) is 5.56 Å². The Hall–Kier alpha value is -4.33. The predicted octanol–water partition coefficient (Wildman–Crippen LogP) is 8.23. The molecule has 0 aliphatic carbocycles. The monoisotopic (exact) mass is 437 g/mol. The van der Waals surface area contributed by atoms with Gasteiger partial charge < -0.3 is 9.88 Å². The summed E-state index contributed by atoms with van der Waals surface area (Å²) < 4.78 is 4.99. The van der Waals surface area contributed by atoms with E-state index in [-0.39, 0.29) is 0 Å². The third-order valence-corrected chi connectivity index (χ3v) is 8.06. The summed E-state index contributed by atoms with van der Waals surface area (Å²) in [6.45, 7) is 0. The number of rotatable bonds is 0. The zero-order valence-corrected chi connectivity index (χ0v) is 18.2. The minimum absolute atomic E-state index is 0.670. The highest BCUT2D eigenvalue weighted by Crippen LogP contribution is 2.49. The molecule has 1 aliphatic rings. The summed E-state index contributed by atoms with van der Waals surface area (Å²) in [5.74, 6) is 0. The first-order valence-electron chi connectivity index (χ1n) is 10.9. The third-order valence-electron chi connectivity index (χ3n) is 6.87. The van der Waals surface area contributed by atoms with Crippen LogP contribution in [0.3, 0.4) is 0 Å². The quantitative estimate of drug-likeness (QED) is 0.259. The van der Waals surface area contributed by atoms with Gasteiger partial charge in [-0.25, -0.2) is 0 Å². The van der Waals surface area contributed by atoms with Crippen LogP contribution in [-0.4, -0.2) is 4.57 Å². The van der Waals surface area contributed by atoms with Crippen molar-refractivity contribution >= 4 is 75.5 Å². The van der Waals surface area contributed by atoms with Gasteiger partial charge in [-0.3, -0.25) is 0 Å². The number of anilines is 2. The standard InChI is InChI=1S/C29H15N3S/c30-15-16-11-22-21-13-17-5-1-2-6-18(17)14-25(21)32-27(22)24(12-16)31-23-10-9-20-19-7-3-4-8-26(19)33-29(20)28(23)32/h1-14,31H. The summed E-state index contributed by atoms with van der Waals surface area (Å²) >= 11 is 1.85. The van der Waals surface area contributed by atoms with Gasteiger partial charge in [-0.15, -0.1) is 11.3 Å². The Labute approximate surface area is 192 Å². The van der Waals surface area contributed by atoms with Gasteiger partial charge in [0.05, 0.1) is 44.4 Å². The second-order valence-corrected chi connectivity index (χ2v) is 9.70. The van der Waals surface area contributed by atoms with Crippen molar-refractivity contribution < 1.29 is 0 Å². The number of nitrogens with one attached hydrogen (secondary N) is 1. The van der Waals surface area contributed by atoms with Gasteiger partial charge in [-0.2, -0.15) is 5.26 Å². The van der Waals surface area contributed by atoms with Crippen molar-refractivity contribution in [2.75, 3.05) is 5.32 Å². The molecule has 1 aliphatic heterocycles. The van der Waals surface area contributed by atoms with Crippen LogP contribution in [0, 0.1) is 11.3 Å². The first-order valence-corrected chi connectivity index (χ1v) is 11.7. The molecule has 0 fully saturated rings. The average Bonchev–Trinajstić information content (AvgIpc) is 3.39. The molecule has 8 rings (SSSR count). The largest absolute Gasteiger partial charge is 0.352 e. The Morgan fingerprint density at radius 1 is 0.727 bits per heavy atom. The van der Waals surface area contributed by atoms with E-state index in [0.717, 1.165) is 22.3 Å². The molecule has 33 heavy (non-hydrogen) atoms. The second-order valence-electron chi connectivity index (χ2n) is 8.65. The number of nitrogens with zero attached hydrogens (tertiary/aromatic N) is 2. The topological polar surface area (TPSA) is 40.8 Å². The van der Waals surface area contributed by atoms with Crippen LogP contribution >= 0.6 is 11.3 Å². The Morgan fingerprint density at radius 3 is 2.42 bits per heavy atom. The lowest BCUT2D eigenvalue weighted by Crippen LogP contribution is -2.07. The highest BCUT2D eigenvalue weighted by atomic mass is 32.1.